The van der Waals surface area contributed by atoms with Gasteiger partial charge in [0.1, 0.15) is 10.7 Å². The smallest absolute Gasteiger partial charge is 0.244 e. The van der Waals surface area contributed by atoms with Gasteiger partial charge in [0.05, 0.1) is 5.03 Å². The number of halogens is 1. The van der Waals surface area contributed by atoms with Gasteiger partial charge in [-0.05, 0) is 61.4 Å². The SMILES string of the molecule is O=C(CCCSc1ccc(S(=O)(=O)N2CCCCC2)cn1)c1ccc(F)cc1. The lowest BCUT2D eigenvalue weighted by Crippen LogP contribution is -2.35. The van der Waals surface area contributed by atoms with Crippen LogP contribution in [0.2, 0.25) is 0 Å². The number of rotatable bonds is 8. The van der Waals surface area contributed by atoms with Crippen LogP contribution >= 0.6 is 11.8 Å². The fourth-order valence-corrected chi connectivity index (χ4v) is 5.30. The van der Waals surface area contributed by atoms with E-state index in [9.17, 15) is 17.6 Å². The van der Waals surface area contributed by atoms with Crippen molar-refractivity contribution in [2.75, 3.05) is 18.8 Å². The Labute approximate surface area is 169 Å². The van der Waals surface area contributed by atoms with Crippen LogP contribution in [0.1, 0.15) is 42.5 Å². The number of hydrogen-bond donors (Lipinski definition) is 0. The van der Waals surface area contributed by atoms with Crippen LogP contribution in [-0.2, 0) is 10.0 Å². The fraction of sp³-hybridized carbons (Fsp3) is 0.400. The van der Waals surface area contributed by atoms with Gasteiger partial charge in [-0.1, -0.05) is 6.42 Å². The maximum Gasteiger partial charge on any atom is 0.244 e. The molecule has 0 atom stereocenters. The standard InChI is InChI=1S/C20H23FN2O3S2/c21-17-8-6-16(7-9-17)19(24)5-4-14-27-20-11-10-18(15-22-20)28(25,26)23-12-2-1-3-13-23/h6-11,15H,1-5,12-14H2. The zero-order valence-corrected chi connectivity index (χ0v) is 17.1. The van der Waals surface area contributed by atoms with Crippen LogP contribution < -0.4 is 0 Å². The molecule has 0 N–H and O–H groups in total. The second-order valence-corrected chi connectivity index (χ2v) is 9.73. The van der Waals surface area contributed by atoms with Crippen LogP contribution in [0.4, 0.5) is 4.39 Å². The number of carbonyl (C=O) groups is 1. The maximum absolute atomic E-state index is 12.9. The summed E-state index contributed by atoms with van der Waals surface area (Å²) in [5.74, 6) is 0.318. The fourth-order valence-electron chi connectivity index (χ4n) is 3.05. The number of sulfonamides is 1. The van der Waals surface area contributed by atoms with E-state index in [0.29, 0.717) is 37.2 Å². The Bertz CT molecular complexity index is 894. The van der Waals surface area contributed by atoms with Gasteiger partial charge in [-0.2, -0.15) is 4.31 Å². The first-order valence-corrected chi connectivity index (χ1v) is 11.8. The molecule has 2 heterocycles. The van der Waals surface area contributed by atoms with Crippen LogP contribution in [0.25, 0.3) is 0 Å². The van der Waals surface area contributed by atoms with Crippen molar-refractivity contribution in [3.63, 3.8) is 0 Å². The molecule has 0 amide bonds. The minimum Gasteiger partial charge on any atom is -0.294 e. The highest BCUT2D eigenvalue weighted by molar-refractivity contribution is 7.99. The number of carbonyl (C=O) groups excluding carboxylic acids is 1. The monoisotopic (exact) mass is 422 g/mol. The molecule has 3 rings (SSSR count). The minimum absolute atomic E-state index is 0.0171. The summed E-state index contributed by atoms with van der Waals surface area (Å²) in [4.78, 5) is 16.5. The van der Waals surface area contributed by atoms with E-state index in [2.05, 4.69) is 4.98 Å². The molecule has 1 aliphatic heterocycles. The summed E-state index contributed by atoms with van der Waals surface area (Å²) in [6.45, 7) is 1.14. The second-order valence-electron chi connectivity index (χ2n) is 6.68. The number of thioether (sulfide) groups is 1. The van der Waals surface area contributed by atoms with Crippen molar-refractivity contribution in [3.05, 3.63) is 54.0 Å². The van der Waals surface area contributed by atoms with Crippen LogP contribution in [0, 0.1) is 5.82 Å². The highest BCUT2D eigenvalue weighted by Crippen LogP contribution is 2.23. The maximum atomic E-state index is 12.9. The van der Waals surface area contributed by atoms with Crippen LogP contribution in [0.3, 0.4) is 0 Å². The summed E-state index contributed by atoms with van der Waals surface area (Å²) in [5, 5.41) is 0.729. The molecule has 8 heteroatoms. The average Bonchev–Trinajstić information content (AvgIpc) is 2.72. The predicted molar refractivity (Wildman–Crippen MR) is 108 cm³/mol. The number of piperidine rings is 1. The van der Waals surface area contributed by atoms with Gasteiger partial charge in [0.15, 0.2) is 5.78 Å². The molecule has 5 nitrogen and oxygen atoms in total. The van der Waals surface area contributed by atoms with Crippen molar-refractivity contribution in [1.82, 2.24) is 9.29 Å². The number of aromatic nitrogens is 1. The quantitative estimate of drug-likeness (QED) is 0.363. The first-order valence-electron chi connectivity index (χ1n) is 9.34. The molecule has 1 aromatic heterocycles. The summed E-state index contributed by atoms with van der Waals surface area (Å²) in [5.41, 5.74) is 0.511. The van der Waals surface area contributed by atoms with Crippen LogP contribution in [0.15, 0.2) is 52.5 Å². The second kappa shape index (κ2) is 9.62. The van der Waals surface area contributed by atoms with Gasteiger partial charge in [0, 0.05) is 31.3 Å². The van der Waals surface area contributed by atoms with Crippen LogP contribution in [-0.4, -0.2) is 42.3 Å². The normalized spacial score (nSPS) is 15.5. The lowest BCUT2D eigenvalue weighted by Gasteiger charge is -2.25. The summed E-state index contributed by atoms with van der Waals surface area (Å²) in [6.07, 6.45) is 5.32. The number of Topliss-reactive ketones (excluding diaryl/α,β-unsaturated/α-hetero) is 1. The molecule has 0 aliphatic carbocycles. The van der Waals surface area contributed by atoms with Gasteiger partial charge >= 0.3 is 0 Å². The van der Waals surface area contributed by atoms with E-state index in [-0.39, 0.29) is 16.5 Å². The van der Waals surface area contributed by atoms with Gasteiger partial charge in [-0.25, -0.2) is 17.8 Å². The van der Waals surface area contributed by atoms with E-state index in [1.165, 1.54) is 46.5 Å². The van der Waals surface area contributed by atoms with Gasteiger partial charge in [0.25, 0.3) is 0 Å². The Morgan fingerprint density at radius 2 is 1.79 bits per heavy atom. The Kier molecular flexibility index (Phi) is 7.20. The first-order chi connectivity index (χ1) is 13.5. The topological polar surface area (TPSA) is 67.3 Å². The number of nitrogens with zero attached hydrogens (tertiary/aromatic N) is 2. The summed E-state index contributed by atoms with van der Waals surface area (Å²) in [6, 6.07) is 8.87. The molecule has 0 unspecified atom stereocenters. The third-order valence-electron chi connectivity index (χ3n) is 4.63. The number of hydrogen-bond acceptors (Lipinski definition) is 5. The molecule has 0 saturated carbocycles. The molecule has 1 aromatic carbocycles. The lowest BCUT2D eigenvalue weighted by atomic mass is 10.1. The van der Waals surface area contributed by atoms with Gasteiger partial charge in [-0.15, -0.1) is 11.8 Å². The van der Waals surface area contributed by atoms with Crippen molar-refractivity contribution in [2.45, 2.75) is 42.0 Å². The van der Waals surface area contributed by atoms with E-state index in [1.807, 2.05) is 0 Å². The molecular formula is C20H23FN2O3S2. The van der Waals surface area contributed by atoms with Gasteiger partial charge in [-0.3, -0.25) is 4.79 Å². The highest BCUT2D eigenvalue weighted by atomic mass is 32.2. The van der Waals surface area contributed by atoms with E-state index >= 15 is 0 Å². The van der Waals surface area contributed by atoms with Gasteiger partial charge < -0.3 is 0 Å². The summed E-state index contributed by atoms with van der Waals surface area (Å²) < 4.78 is 39.6. The van der Waals surface area contributed by atoms with Crippen molar-refractivity contribution in [3.8, 4) is 0 Å². The summed E-state index contributed by atoms with van der Waals surface area (Å²) in [7, 11) is -3.46. The van der Waals surface area contributed by atoms with Crippen molar-refractivity contribution in [2.24, 2.45) is 0 Å². The molecule has 2 aromatic rings. The molecule has 28 heavy (non-hydrogen) atoms. The number of pyridine rings is 1. The molecule has 0 spiro atoms. The molecule has 1 saturated heterocycles. The Morgan fingerprint density at radius 3 is 2.43 bits per heavy atom. The molecule has 0 radical (unpaired) electrons. The zero-order valence-electron chi connectivity index (χ0n) is 15.5. The summed E-state index contributed by atoms with van der Waals surface area (Å²) >= 11 is 1.48. The van der Waals surface area contributed by atoms with Crippen molar-refractivity contribution in [1.29, 1.82) is 0 Å². The Hall–Kier alpha value is -1.77. The molecular weight excluding hydrogens is 399 g/mol. The molecule has 1 aliphatic rings. The van der Waals surface area contributed by atoms with E-state index in [0.717, 1.165) is 24.3 Å². The van der Waals surface area contributed by atoms with E-state index in [1.54, 1.807) is 12.1 Å². The van der Waals surface area contributed by atoms with E-state index < -0.39 is 10.0 Å². The Balaban J connectivity index is 1.48. The van der Waals surface area contributed by atoms with E-state index in [4.69, 9.17) is 0 Å². The van der Waals surface area contributed by atoms with Crippen LogP contribution in [0.5, 0.6) is 0 Å². The number of ketones is 1. The third-order valence-corrected chi connectivity index (χ3v) is 7.54. The van der Waals surface area contributed by atoms with Crippen molar-refractivity contribution < 1.29 is 17.6 Å². The minimum atomic E-state index is -3.46. The molecule has 0 bridgehead atoms. The lowest BCUT2D eigenvalue weighted by molar-refractivity contribution is 0.0982. The largest absolute Gasteiger partial charge is 0.294 e. The van der Waals surface area contributed by atoms with Gasteiger partial charge in [0.2, 0.25) is 10.0 Å². The zero-order chi connectivity index (χ0) is 20.0. The predicted octanol–water partition coefficient (Wildman–Crippen LogP) is 4.15. The number of benzene rings is 1. The Morgan fingerprint density at radius 1 is 1.07 bits per heavy atom. The molecule has 1 fully saturated rings. The highest BCUT2D eigenvalue weighted by Gasteiger charge is 2.26. The first kappa shape index (κ1) is 21.0. The van der Waals surface area contributed by atoms with Crippen molar-refractivity contribution >= 4 is 27.6 Å². The average molecular weight is 423 g/mol. The molecule has 150 valence electrons. The third kappa shape index (κ3) is 5.40.